The van der Waals surface area contributed by atoms with Gasteiger partial charge in [0.2, 0.25) is 0 Å². The third-order valence-corrected chi connectivity index (χ3v) is 4.09. The van der Waals surface area contributed by atoms with Crippen LogP contribution in [0.1, 0.15) is 11.1 Å². The molecule has 0 unspecified atom stereocenters. The van der Waals surface area contributed by atoms with E-state index >= 15 is 0 Å². The molecule has 0 aromatic heterocycles. The van der Waals surface area contributed by atoms with E-state index in [0.29, 0.717) is 23.8 Å². The van der Waals surface area contributed by atoms with Crippen LogP contribution in [0, 0.1) is 10.1 Å². The molecule has 2 N–H and O–H groups in total. The van der Waals surface area contributed by atoms with E-state index in [-0.39, 0.29) is 5.69 Å². The standard InChI is InChI=1S/C15H14ClN3O2/c16-12-4-2-6-14(19(20)21)15(12)18-8-7-11-10(9-18)3-1-5-13(11)17/h1-6H,7-9,17H2. The van der Waals surface area contributed by atoms with E-state index < -0.39 is 4.92 Å². The molecule has 0 saturated heterocycles. The van der Waals surface area contributed by atoms with E-state index in [0.717, 1.165) is 23.2 Å². The highest BCUT2D eigenvalue weighted by molar-refractivity contribution is 6.33. The number of fused-ring (bicyclic) bond motifs is 1. The number of hydrogen-bond donors (Lipinski definition) is 1. The monoisotopic (exact) mass is 303 g/mol. The molecule has 0 atom stereocenters. The summed E-state index contributed by atoms with van der Waals surface area (Å²) in [7, 11) is 0. The number of nitrogens with two attached hydrogens (primary N) is 1. The van der Waals surface area contributed by atoms with Crippen molar-refractivity contribution in [2.45, 2.75) is 13.0 Å². The van der Waals surface area contributed by atoms with Gasteiger partial charge in [0.05, 0.1) is 9.95 Å². The van der Waals surface area contributed by atoms with Gasteiger partial charge in [-0.15, -0.1) is 0 Å². The molecule has 6 heteroatoms. The Bertz CT molecular complexity index is 718. The van der Waals surface area contributed by atoms with E-state index in [4.69, 9.17) is 17.3 Å². The lowest BCUT2D eigenvalue weighted by molar-refractivity contribution is -0.384. The summed E-state index contributed by atoms with van der Waals surface area (Å²) < 4.78 is 0. The average molecular weight is 304 g/mol. The Kier molecular flexibility index (Phi) is 3.43. The third kappa shape index (κ3) is 2.40. The number of para-hydroxylation sites is 1. The van der Waals surface area contributed by atoms with E-state index in [9.17, 15) is 10.1 Å². The summed E-state index contributed by atoms with van der Waals surface area (Å²) in [5.41, 5.74) is 9.50. The minimum Gasteiger partial charge on any atom is -0.398 e. The Balaban J connectivity index is 2.03. The van der Waals surface area contributed by atoms with Gasteiger partial charge in [-0.3, -0.25) is 10.1 Å². The fourth-order valence-corrected chi connectivity index (χ4v) is 3.08. The lowest BCUT2D eigenvalue weighted by Gasteiger charge is -2.31. The van der Waals surface area contributed by atoms with Crippen molar-refractivity contribution in [3.63, 3.8) is 0 Å². The summed E-state index contributed by atoms with van der Waals surface area (Å²) >= 11 is 6.19. The zero-order valence-electron chi connectivity index (χ0n) is 11.3. The number of nitro benzene ring substituents is 1. The van der Waals surface area contributed by atoms with Gasteiger partial charge < -0.3 is 10.6 Å². The predicted molar refractivity (Wildman–Crippen MR) is 83.7 cm³/mol. The fourth-order valence-electron chi connectivity index (χ4n) is 2.79. The molecule has 0 spiro atoms. The molecule has 0 saturated carbocycles. The molecule has 21 heavy (non-hydrogen) atoms. The lowest BCUT2D eigenvalue weighted by atomic mass is 9.97. The van der Waals surface area contributed by atoms with Crippen molar-refractivity contribution in [3.8, 4) is 0 Å². The first-order valence-corrected chi connectivity index (χ1v) is 7.00. The second-order valence-corrected chi connectivity index (χ2v) is 5.43. The number of halogens is 1. The van der Waals surface area contributed by atoms with Crippen molar-refractivity contribution >= 4 is 28.7 Å². The van der Waals surface area contributed by atoms with E-state index in [1.54, 1.807) is 12.1 Å². The SMILES string of the molecule is Nc1cccc2c1CCN(c1c(Cl)cccc1[N+](=O)[O-])C2. The summed E-state index contributed by atoms with van der Waals surface area (Å²) in [5, 5.41) is 11.6. The fraction of sp³-hybridized carbons (Fsp3) is 0.200. The van der Waals surface area contributed by atoms with Crippen LogP contribution in [0.2, 0.25) is 5.02 Å². The maximum atomic E-state index is 11.2. The number of rotatable bonds is 2. The molecule has 3 rings (SSSR count). The Morgan fingerprint density at radius 1 is 1.24 bits per heavy atom. The summed E-state index contributed by atoms with van der Waals surface area (Å²) in [4.78, 5) is 12.8. The van der Waals surface area contributed by atoms with Crippen molar-refractivity contribution < 1.29 is 4.92 Å². The molecule has 2 aromatic carbocycles. The predicted octanol–water partition coefficient (Wildman–Crippen LogP) is 3.39. The molecular weight excluding hydrogens is 290 g/mol. The van der Waals surface area contributed by atoms with Crippen LogP contribution in [0.3, 0.4) is 0 Å². The number of nitro groups is 1. The summed E-state index contributed by atoms with van der Waals surface area (Å²) in [6.45, 7) is 1.23. The average Bonchev–Trinajstić information content (AvgIpc) is 2.46. The third-order valence-electron chi connectivity index (χ3n) is 3.78. The van der Waals surface area contributed by atoms with Crippen molar-refractivity contribution in [1.82, 2.24) is 0 Å². The maximum absolute atomic E-state index is 11.2. The zero-order valence-corrected chi connectivity index (χ0v) is 12.0. The van der Waals surface area contributed by atoms with Gasteiger partial charge in [-0.05, 0) is 29.7 Å². The Hall–Kier alpha value is -2.27. The van der Waals surface area contributed by atoms with E-state index in [1.165, 1.54) is 6.07 Å². The smallest absolute Gasteiger partial charge is 0.294 e. The van der Waals surface area contributed by atoms with Crippen LogP contribution in [-0.4, -0.2) is 11.5 Å². The molecule has 0 bridgehead atoms. The van der Waals surface area contributed by atoms with Gasteiger partial charge in [-0.2, -0.15) is 0 Å². The zero-order chi connectivity index (χ0) is 15.0. The van der Waals surface area contributed by atoms with Crippen LogP contribution in [0.25, 0.3) is 0 Å². The highest BCUT2D eigenvalue weighted by Gasteiger charge is 2.26. The molecule has 5 nitrogen and oxygen atoms in total. The van der Waals surface area contributed by atoms with Crippen LogP contribution in [0.4, 0.5) is 17.1 Å². The molecule has 1 aliphatic heterocycles. The van der Waals surface area contributed by atoms with Gasteiger partial charge in [-0.1, -0.05) is 29.8 Å². The van der Waals surface area contributed by atoms with Crippen molar-refractivity contribution in [2.75, 3.05) is 17.2 Å². The van der Waals surface area contributed by atoms with E-state index in [1.807, 2.05) is 23.1 Å². The topological polar surface area (TPSA) is 72.4 Å². The minimum absolute atomic E-state index is 0.0369. The normalized spacial score (nSPS) is 13.9. The summed E-state index contributed by atoms with van der Waals surface area (Å²) in [6.07, 6.45) is 0.754. The van der Waals surface area contributed by atoms with E-state index in [2.05, 4.69) is 0 Å². The molecule has 0 amide bonds. The van der Waals surface area contributed by atoms with Gasteiger partial charge >= 0.3 is 0 Å². The van der Waals surface area contributed by atoms with Crippen LogP contribution < -0.4 is 10.6 Å². The summed E-state index contributed by atoms with van der Waals surface area (Å²) in [5.74, 6) is 0. The van der Waals surface area contributed by atoms with Gasteiger partial charge in [-0.25, -0.2) is 0 Å². The molecular formula is C15H14ClN3O2. The number of nitrogen functional groups attached to an aromatic ring is 1. The quantitative estimate of drug-likeness (QED) is 0.524. The molecule has 0 aliphatic carbocycles. The molecule has 1 aliphatic rings. The maximum Gasteiger partial charge on any atom is 0.294 e. The second kappa shape index (κ2) is 5.26. The molecule has 2 aromatic rings. The number of hydrogen-bond acceptors (Lipinski definition) is 4. The molecule has 0 radical (unpaired) electrons. The van der Waals surface area contributed by atoms with Gasteiger partial charge in [0.15, 0.2) is 0 Å². The highest BCUT2D eigenvalue weighted by Crippen LogP contribution is 2.38. The Morgan fingerprint density at radius 3 is 2.76 bits per heavy atom. The molecule has 108 valence electrons. The van der Waals surface area contributed by atoms with Crippen LogP contribution in [-0.2, 0) is 13.0 Å². The first kappa shape index (κ1) is 13.7. The number of benzene rings is 2. The molecule has 1 heterocycles. The number of nitrogens with zero attached hydrogens (tertiary/aromatic N) is 2. The van der Waals surface area contributed by atoms with Gasteiger partial charge in [0.1, 0.15) is 5.69 Å². The van der Waals surface area contributed by atoms with Crippen LogP contribution in [0.5, 0.6) is 0 Å². The van der Waals surface area contributed by atoms with Gasteiger partial charge in [0.25, 0.3) is 5.69 Å². The first-order valence-electron chi connectivity index (χ1n) is 6.62. The van der Waals surface area contributed by atoms with Crippen molar-refractivity contribution in [1.29, 1.82) is 0 Å². The first-order chi connectivity index (χ1) is 10.1. The lowest BCUT2D eigenvalue weighted by Crippen LogP contribution is -2.31. The van der Waals surface area contributed by atoms with Crippen molar-refractivity contribution in [2.24, 2.45) is 0 Å². The molecule has 0 fully saturated rings. The summed E-state index contributed by atoms with van der Waals surface area (Å²) in [6, 6.07) is 10.5. The second-order valence-electron chi connectivity index (χ2n) is 5.02. The Labute approximate surface area is 127 Å². The minimum atomic E-state index is -0.393. The van der Waals surface area contributed by atoms with Crippen LogP contribution in [0.15, 0.2) is 36.4 Å². The van der Waals surface area contributed by atoms with Crippen LogP contribution >= 0.6 is 11.6 Å². The largest absolute Gasteiger partial charge is 0.398 e. The van der Waals surface area contributed by atoms with Crippen molar-refractivity contribution in [3.05, 3.63) is 62.7 Å². The number of anilines is 2. The van der Waals surface area contributed by atoms with Gasteiger partial charge in [0, 0.05) is 24.8 Å². The Morgan fingerprint density at radius 2 is 2.00 bits per heavy atom. The highest BCUT2D eigenvalue weighted by atomic mass is 35.5.